The largest absolute Gasteiger partial charge is 0.324 e. The summed E-state index contributed by atoms with van der Waals surface area (Å²) in [5.41, 5.74) is 5.57. The maximum Gasteiger partial charge on any atom is 0.256 e. The molecule has 0 bridgehead atoms. The van der Waals surface area contributed by atoms with Gasteiger partial charge in [-0.25, -0.2) is 0 Å². The highest BCUT2D eigenvalue weighted by Crippen LogP contribution is 2.42. The third-order valence-electron chi connectivity index (χ3n) is 3.82. The van der Waals surface area contributed by atoms with Gasteiger partial charge in [0.05, 0.1) is 7.14 Å². The first-order valence-corrected chi connectivity index (χ1v) is 10.4. The molecule has 0 unspecified atom stereocenters. The summed E-state index contributed by atoms with van der Waals surface area (Å²) in [7, 11) is -2.13. The highest BCUT2D eigenvalue weighted by Gasteiger charge is 2.24. The third-order valence-corrected chi connectivity index (χ3v) is 4.95. The Balaban J connectivity index is 1.96. The number of benzene rings is 2. The standard InChI is InChI=1S/C19H20NO2P/c1-13-4-6-14(7-5-13)10-17-16-9-8-15(12-23(2,3)22)11-18(16)20-19(17)21/h4-11H,12H2,1-3H3,(H,20,21)/b17-10-. The van der Waals surface area contributed by atoms with Gasteiger partial charge in [0.1, 0.15) is 0 Å². The molecule has 0 spiro atoms. The monoisotopic (exact) mass is 325 g/mol. The first-order valence-electron chi connectivity index (χ1n) is 7.59. The van der Waals surface area contributed by atoms with Crippen molar-refractivity contribution in [3.8, 4) is 0 Å². The number of anilines is 1. The summed E-state index contributed by atoms with van der Waals surface area (Å²) in [4.78, 5) is 12.3. The van der Waals surface area contributed by atoms with Crippen LogP contribution in [0.4, 0.5) is 5.69 Å². The summed E-state index contributed by atoms with van der Waals surface area (Å²) in [5.74, 6) is -0.0890. The number of carbonyl (C=O) groups is 1. The lowest BCUT2D eigenvalue weighted by atomic mass is 10.0. The van der Waals surface area contributed by atoms with Crippen molar-refractivity contribution in [1.82, 2.24) is 0 Å². The minimum absolute atomic E-state index is 0.0890. The fourth-order valence-electron chi connectivity index (χ4n) is 2.75. The van der Waals surface area contributed by atoms with Crippen LogP contribution in [0.25, 0.3) is 11.6 Å². The van der Waals surface area contributed by atoms with E-state index in [2.05, 4.69) is 5.32 Å². The summed E-state index contributed by atoms with van der Waals surface area (Å²) >= 11 is 0. The Morgan fingerprint density at radius 1 is 1.09 bits per heavy atom. The Hall–Kier alpha value is -2.12. The number of fused-ring (bicyclic) bond motifs is 1. The fourth-order valence-corrected chi connectivity index (χ4v) is 3.83. The number of nitrogens with one attached hydrogen (secondary N) is 1. The van der Waals surface area contributed by atoms with E-state index >= 15 is 0 Å². The predicted molar refractivity (Wildman–Crippen MR) is 97.3 cm³/mol. The van der Waals surface area contributed by atoms with E-state index in [1.807, 2.05) is 55.5 Å². The number of hydrogen-bond acceptors (Lipinski definition) is 2. The highest BCUT2D eigenvalue weighted by atomic mass is 31.2. The Bertz CT molecular complexity index is 844. The molecule has 0 fully saturated rings. The summed E-state index contributed by atoms with van der Waals surface area (Å²) < 4.78 is 12.0. The lowest BCUT2D eigenvalue weighted by Crippen LogP contribution is -2.03. The zero-order valence-electron chi connectivity index (χ0n) is 13.6. The molecule has 0 radical (unpaired) electrons. The van der Waals surface area contributed by atoms with E-state index in [0.717, 1.165) is 22.4 Å². The Labute approximate surface area is 136 Å². The summed E-state index contributed by atoms with van der Waals surface area (Å²) in [6, 6.07) is 13.9. The molecule has 3 rings (SSSR count). The Kier molecular flexibility index (Phi) is 3.99. The zero-order chi connectivity index (χ0) is 16.6. The SMILES string of the molecule is Cc1ccc(/C=C2\C(=O)Nc3cc(CP(C)(C)=O)ccc32)cc1. The molecule has 4 heteroatoms. The van der Waals surface area contributed by atoms with Crippen molar-refractivity contribution in [1.29, 1.82) is 0 Å². The van der Waals surface area contributed by atoms with Crippen LogP contribution in [0.3, 0.4) is 0 Å². The van der Waals surface area contributed by atoms with Gasteiger partial charge in [-0.1, -0.05) is 42.0 Å². The van der Waals surface area contributed by atoms with E-state index in [9.17, 15) is 9.36 Å². The van der Waals surface area contributed by atoms with Crippen molar-refractivity contribution >= 4 is 30.4 Å². The van der Waals surface area contributed by atoms with Gasteiger partial charge in [-0.3, -0.25) is 4.79 Å². The van der Waals surface area contributed by atoms with Gasteiger partial charge in [0.2, 0.25) is 0 Å². The molecule has 0 saturated carbocycles. The van der Waals surface area contributed by atoms with E-state index in [1.54, 1.807) is 13.3 Å². The molecule has 1 amide bonds. The molecule has 2 aromatic rings. The lowest BCUT2D eigenvalue weighted by molar-refractivity contribution is -0.110. The molecule has 3 nitrogen and oxygen atoms in total. The quantitative estimate of drug-likeness (QED) is 0.661. The van der Waals surface area contributed by atoms with Gasteiger partial charge in [-0.15, -0.1) is 0 Å². The second-order valence-electron chi connectivity index (χ2n) is 6.53. The molecule has 2 aromatic carbocycles. The van der Waals surface area contributed by atoms with Crippen LogP contribution >= 0.6 is 7.14 Å². The number of amides is 1. The van der Waals surface area contributed by atoms with Crippen molar-refractivity contribution in [3.05, 3.63) is 64.7 Å². The average molecular weight is 325 g/mol. The molecular formula is C19H20NO2P. The summed E-state index contributed by atoms with van der Waals surface area (Å²) in [6.45, 7) is 5.60. The fraction of sp³-hybridized carbons (Fsp3) is 0.211. The second-order valence-corrected chi connectivity index (χ2v) is 10.00. The zero-order valence-corrected chi connectivity index (χ0v) is 14.5. The number of hydrogen-bond donors (Lipinski definition) is 1. The molecule has 118 valence electrons. The Morgan fingerprint density at radius 3 is 2.43 bits per heavy atom. The van der Waals surface area contributed by atoms with Crippen LogP contribution in [0.1, 0.15) is 22.3 Å². The maximum absolute atomic E-state index is 12.3. The first kappa shape index (κ1) is 15.8. The molecule has 1 aliphatic rings. The second kappa shape index (κ2) is 5.82. The van der Waals surface area contributed by atoms with E-state index in [0.29, 0.717) is 11.7 Å². The summed E-state index contributed by atoms with van der Waals surface area (Å²) in [5, 5.41) is 2.91. The third kappa shape index (κ3) is 3.62. The molecular weight excluding hydrogens is 305 g/mol. The molecule has 1 N–H and O–H groups in total. The molecule has 1 heterocycles. The number of rotatable bonds is 3. The van der Waals surface area contributed by atoms with Crippen LogP contribution in [-0.4, -0.2) is 19.2 Å². The van der Waals surface area contributed by atoms with E-state index in [4.69, 9.17) is 0 Å². The van der Waals surface area contributed by atoms with Crippen molar-refractivity contribution in [2.75, 3.05) is 18.6 Å². The molecule has 0 aliphatic carbocycles. The molecule has 1 aliphatic heterocycles. The van der Waals surface area contributed by atoms with E-state index in [-0.39, 0.29) is 5.91 Å². The normalized spacial score (nSPS) is 15.6. The van der Waals surface area contributed by atoms with E-state index in [1.165, 1.54) is 5.56 Å². The number of carbonyl (C=O) groups excluding carboxylic acids is 1. The summed E-state index contributed by atoms with van der Waals surface area (Å²) in [6.07, 6.45) is 2.46. The minimum atomic E-state index is -2.13. The van der Waals surface area contributed by atoms with Gasteiger partial charge in [0.15, 0.2) is 0 Å². The molecule has 0 atom stereocenters. The van der Waals surface area contributed by atoms with Crippen LogP contribution in [-0.2, 0) is 15.5 Å². The van der Waals surface area contributed by atoms with Crippen LogP contribution < -0.4 is 5.32 Å². The van der Waals surface area contributed by atoms with Gasteiger partial charge in [0.25, 0.3) is 5.91 Å². The van der Waals surface area contributed by atoms with Crippen molar-refractivity contribution in [2.45, 2.75) is 13.1 Å². The molecule has 0 saturated heterocycles. The molecule has 23 heavy (non-hydrogen) atoms. The molecule has 0 aromatic heterocycles. The average Bonchev–Trinajstić information content (AvgIpc) is 2.75. The smallest absolute Gasteiger partial charge is 0.256 e. The van der Waals surface area contributed by atoms with Crippen LogP contribution in [0.5, 0.6) is 0 Å². The first-order chi connectivity index (χ1) is 10.8. The maximum atomic E-state index is 12.3. The predicted octanol–water partition coefficient (Wildman–Crippen LogP) is 4.61. The van der Waals surface area contributed by atoms with Crippen molar-refractivity contribution < 1.29 is 9.36 Å². The van der Waals surface area contributed by atoms with Crippen LogP contribution in [0, 0.1) is 6.92 Å². The van der Waals surface area contributed by atoms with Crippen LogP contribution in [0.15, 0.2) is 42.5 Å². The van der Waals surface area contributed by atoms with Crippen molar-refractivity contribution in [2.24, 2.45) is 0 Å². The highest BCUT2D eigenvalue weighted by molar-refractivity contribution is 7.61. The topological polar surface area (TPSA) is 46.2 Å². The lowest BCUT2D eigenvalue weighted by Gasteiger charge is -2.08. The van der Waals surface area contributed by atoms with Crippen molar-refractivity contribution in [3.63, 3.8) is 0 Å². The minimum Gasteiger partial charge on any atom is -0.324 e. The van der Waals surface area contributed by atoms with Gasteiger partial charge < -0.3 is 9.88 Å². The number of aryl methyl sites for hydroxylation is 1. The van der Waals surface area contributed by atoms with Gasteiger partial charge in [-0.2, -0.15) is 0 Å². The van der Waals surface area contributed by atoms with Gasteiger partial charge in [0, 0.05) is 23.0 Å². The van der Waals surface area contributed by atoms with Gasteiger partial charge >= 0.3 is 0 Å². The van der Waals surface area contributed by atoms with Gasteiger partial charge in [-0.05, 0) is 43.5 Å². The van der Waals surface area contributed by atoms with E-state index < -0.39 is 7.14 Å². The Morgan fingerprint density at radius 2 is 1.78 bits per heavy atom. The van der Waals surface area contributed by atoms with Crippen LogP contribution in [0.2, 0.25) is 0 Å².